The van der Waals surface area contributed by atoms with E-state index in [-0.39, 0.29) is 6.04 Å². The van der Waals surface area contributed by atoms with Crippen LogP contribution in [0.2, 0.25) is 0 Å². The number of benzene rings is 1. The predicted octanol–water partition coefficient (Wildman–Crippen LogP) is 3.03. The minimum absolute atomic E-state index is 0.132. The lowest BCUT2D eigenvalue weighted by atomic mass is 10.2. The molecular formula is C16H17N5S. The van der Waals surface area contributed by atoms with Crippen LogP contribution in [0.25, 0.3) is 11.3 Å². The van der Waals surface area contributed by atoms with Crippen molar-refractivity contribution < 1.29 is 0 Å². The number of nitrogens with one attached hydrogen (secondary N) is 1. The summed E-state index contributed by atoms with van der Waals surface area (Å²) >= 11 is 1.65. The summed E-state index contributed by atoms with van der Waals surface area (Å²) in [5.74, 6) is 1.17. The van der Waals surface area contributed by atoms with Gasteiger partial charge in [-0.3, -0.25) is 0 Å². The van der Waals surface area contributed by atoms with E-state index in [0.717, 1.165) is 16.3 Å². The summed E-state index contributed by atoms with van der Waals surface area (Å²) in [5, 5.41) is 6.50. The molecule has 0 unspecified atom stereocenters. The normalized spacial score (nSPS) is 12.2. The molecule has 0 saturated carbocycles. The molecule has 6 heteroatoms. The molecule has 112 valence electrons. The van der Waals surface area contributed by atoms with Crippen molar-refractivity contribution in [1.29, 1.82) is 0 Å². The fourth-order valence-corrected chi connectivity index (χ4v) is 2.92. The fourth-order valence-electron chi connectivity index (χ4n) is 2.06. The molecule has 5 nitrogen and oxygen atoms in total. The Morgan fingerprint density at radius 2 is 2.00 bits per heavy atom. The average Bonchev–Trinajstić information content (AvgIpc) is 3.04. The van der Waals surface area contributed by atoms with E-state index in [1.54, 1.807) is 23.6 Å². The molecule has 0 aliphatic heterocycles. The molecule has 2 heterocycles. The second-order valence-corrected chi connectivity index (χ2v) is 5.83. The SMILES string of the molecule is C[C@@H](NCc1nccc(N)n1)c1nc(-c2ccccc2)cs1. The smallest absolute Gasteiger partial charge is 0.144 e. The molecule has 0 spiro atoms. The highest BCUT2D eigenvalue weighted by Crippen LogP contribution is 2.25. The predicted molar refractivity (Wildman–Crippen MR) is 89.2 cm³/mol. The molecule has 3 rings (SSSR count). The molecule has 0 fully saturated rings. The molecule has 1 aromatic carbocycles. The zero-order chi connectivity index (χ0) is 15.4. The number of thiazole rings is 1. The first-order chi connectivity index (χ1) is 10.7. The molecular weight excluding hydrogens is 294 g/mol. The summed E-state index contributed by atoms with van der Waals surface area (Å²) in [6.07, 6.45) is 1.67. The Kier molecular flexibility index (Phi) is 4.41. The lowest BCUT2D eigenvalue weighted by molar-refractivity contribution is 0.557. The molecule has 2 aromatic heterocycles. The molecule has 0 radical (unpaired) electrons. The van der Waals surface area contributed by atoms with Crippen molar-refractivity contribution >= 4 is 17.2 Å². The molecule has 0 saturated heterocycles. The minimum Gasteiger partial charge on any atom is -0.384 e. The van der Waals surface area contributed by atoms with E-state index in [9.17, 15) is 0 Å². The van der Waals surface area contributed by atoms with Crippen molar-refractivity contribution in [3.05, 3.63) is 58.8 Å². The van der Waals surface area contributed by atoms with Crippen LogP contribution in [0.1, 0.15) is 23.8 Å². The maximum Gasteiger partial charge on any atom is 0.144 e. The Morgan fingerprint density at radius 3 is 2.77 bits per heavy atom. The third-order valence-corrected chi connectivity index (χ3v) is 4.28. The highest BCUT2D eigenvalue weighted by Gasteiger charge is 2.11. The van der Waals surface area contributed by atoms with Crippen molar-refractivity contribution in [1.82, 2.24) is 20.3 Å². The first kappa shape index (κ1) is 14.6. The van der Waals surface area contributed by atoms with Crippen LogP contribution < -0.4 is 11.1 Å². The second kappa shape index (κ2) is 6.64. The van der Waals surface area contributed by atoms with E-state index in [0.29, 0.717) is 18.2 Å². The number of hydrogen-bond donors (Lipinski definition) is 2. The summed E-state index contributed by atoms with van der Waals surface area (Å²) in [5.41, 5.74) is 7.80. The van der Waals surface area contributed by atoms with Crippen LogP contribution in [0, 0.1) is 0 Å². The summed E-state index contributed by atoms with van der Waals surface area (Å²) in [6, 6.07) is 12.0. The number of hydrogen-bond acceptors (Lipinski definition) is 6. The molecule has 0 aliphatic rings. The van der Waals surface area contributed by atoms with Crippen molar-refractivity contribution in [3.63, 3.8) is 0 Å². The molecule has 1 atom stereocenters. The van der Waals surface area contributed by atoms with Crippen molar-refractivity contribution in [3.8, 4) is 11.3 Å². The summed E-state index contributed by atoms with van der Waals surface area (Å²) in [4.78, 5) is 13.1. The van der Waals surface area contributed by atoms with Gasteiger partial charge in [0.05, 0.1) is 18.3 Å². The molecule has 0 bridgehead atoms. The van der Waals surface area contributed by atoms with Gasteiger partial charge >= 0.3 is 0 Å². The van der Waals surface area contributed by atoms with E-state index in [1.165, 1.54) is 0 Å². The monoisotopic (exact) mass is 311 g/mol. The summed E-state index contributed by atoms with van der Waals surface area (Å²) in [7, 11) is 0. The van der Waals surface area contributed by atoms with Crippen LogP contribution in [0.5, 0.6) is 0 Å². The zero-order valence-corrected chi connectivity index (χ0v) is 13.0. The van der Waals surface area contributed by atoms with E-state index in [1.807, 2.05) is 18.2 Å². The van der Waals surface area contributed by atoms with Gasteiger partial charge in [-0.2, -0.15) is 0 Å². The minimum atomic E-state index is 0.132. The van der Waals surface area contributed by atoms with Gasteiger partial charge < -0.3 is 11.1 Å². The number of aromatic nitrogens is 3. The molecule has 0 amide bonds. The Morgan fingerprint density at radius 1 is 1.18 bits per heavy atom. The summed E-state index contributed by atoms with van der Waals surface area (Å²) in [6.45, 7) is 2.65. The van der Waals surface area contributed by atoms with Gasteiger partial charge in [0.25, 0.3) is 0 Å². The number of anilines is 1. The maximum atomic E-state index is 5.65. The fraction of sp³-hybridized carbons (Fsp3) is 0.188. The number of nitrogen functional groups attached to an aromatic ring is 1. The Hall–Kier alpha value is -2.31. The van der Waals surface area contributed by atoms with E-state index in [4.69, 9.17) is 10.7 Å². The van der Waals surface area contributed by atoms with E-state index >= 15 is 0 Å². The van der Waals surface area contributed by atoms with Gasteiger partial charge in [-0.25, -0.2) is 15.0 Å². The molecule has 3 N–H and O–H groups in total. The van der Waals surface area contributed by atoms with Crippen LogP contribution in [-0.4, -0.2) is 15.0 Å². The maximum absolute atomic E-state index is 5.65. The molecule has 0 aliphatic carbocycles. The van der Waals surface area contributed by atoms with Crippen LogP contribution in [0.15, 0.2) is 48.0 Å². The zero-order valence-electron chi connectivity index (χ0n) is 12.2. The van der Waals surface area contributed by atoms with Crippen molar-refractivity contribution in [2.75, 3.05) is 5.73 Å². The van der Waals surface area contributed by atoms with Gasteiger partial charge in [0.2, 0.25) is 0 Å². The number of rotatable bonds is 5. The first-order valence-electron chi connectivity index (χ1n) is 7.04. The number of nitrogens with zero attached hydrogens (tertiary/aromatic N) is 3. The van der Waals surface area contributed by atoms with Gasteiger partial charge in [-0.15, -0.1) is 11.3 Å². The van der Waals surface area contributed by atoms with Crippen LogP contribution in [0.3, 0.4) is 0 Å². The van der Waals surface area contributed by atoms with Crippen molar-refractivity contribution in [2.24, 2.45) is 0 Å². The van der Waals surface area contributed by atoms with E-state index in [2.05, 4.69) is 39.7 Å². The number of nitrogens with two attached hydrogens (primary N) is 1. The van der Waals surface area contributed by atoms with E-state index < -0.39 is 0 Å². The Balaban J connectivity index is 1.66. The third kappa shape index (κ3) is 3.47. The first-order valence-corrected chi connectivity index (χ1v) is 7.92. The van der Waals surface area contributed by atoms with Crippen LogP contribution >= 0.6 is 11.3 Å². The van der Waals surface area contributed by atoms with Gasteiger partial charge in [0, 0.05) is 17.1 Å². The largest absolute Gasteiger partial charge is 0.384 e. The Labute approximate surface area is 133 Å². The van der Waals surface area contributed by atoms with Crippen LogP contribution in [-0.2, 0) is 6.54 Å². The van der Waals surface area contributed by atoms with Gasteiger partial charge in [0.15, 0.2) is 0 Å². The highest BCUT2D eigenvalue weighted by atomic mass is 32.1. The quantitative estimate of drug-likeness (QED) is 0.757. The molecule has 22 heavy (non-hydrogen) atoms. The highest BCUT2D eigenvalue weighted by molar-refractivity contribution is 7.10. The molecule has 3 aromatic rings. The van der Waals surface area contributed by atoms with Crippen molar-refractivity contribution in [2.45, 2.75) is 19.5 Å². The standard InChI is InChI=1S/C16H17N5S/c1-11(19-9-15-18-8-7-14(17)21-15)16-20-13(10-22-16)12-5-3-2-4-6-12/h2-8,10-11,19H,9H2,1H3,(H2,17,18,21)/t11-/m1/s1. The van der Waals surface area contributed by atoms with Crippen LogP contribution in [0.4, 0.5) is 5.82 Å². The topological polar surface area (TPSA) is 76.7 Å². The van der Waals surface area contributed by atoms with Gasteiger partial charge in [-0.05, 0) is 13.0 Å². The van der Waals surface area contributed by atoms with Gasteiger partial charge in [0.1, 0.15) is 16.6 Å². The van der Waals surface area contributed by atoms with Gasteiger partial charge in [-0.1, -0.05) is 30.3 Å². The lowest BCUT2D eigenvalue weighted by Crippen LogP contribution is -2.19. The summed E-state index contributed by atoms with van der Waals surface area (Å²) < 4.78 is 0. The lowest BCUT2D eigenvalue weighted by Gasteiger charge is -2.10. The average molecular weight is 311 g/mol. The second-order valence-electron chi connectivity index (χ2n) is 4.94. The Bertz CT molecular complexity index is 741. The third-order valence-electron chi connectivity index (χ3n) is 3.26.